The maximum atomic E-state index is 12.9. The average molecular weight is 454 g/mol. The molecular weight excluding hydrogens is 434 g/mol. The third kappa shape index (κ3) is 4.57. The fourth-order valence-corrected chi connectivity index (χ4v) is 5.13. The lowest BCUT2D eigenvalue weighted by atomic mass is 10.1. The summed E-state index contributed by atoms with van der Waals surface area (Å²) in [4.78, 5) is 12.6. The molecule has 0 aliphatic carbocycles. The van der Waals surface area contributed by atoms with Crippen LogP contribution in [0.25, 0.3) is 0 Å². The minimum atomic E-state index is -3.73. The molecule has 1 aliphatic rings. The maximum absolute atomic E-state index is 12.9. The van der Waals surface area contributed by atoms with Crippen molar-refractivity contribution < 1.29 is 22.7 Å². The topological polar surface area (TPSA) is 72.9 Å². The highest BCUT2D eigenvalue weighted by molar-refractivity contribution is 9.10. The molecule has 1 atom stereocenters. The lowest BCUT2D eigenvalue weighted by Crippen LogP contribution is -2.40. The summed E-state index contributed by atoms with van der Waals surface area (Å²) in [5, 5.41) is 0. The number of benzene rings is 2. The van der Waals surface area contributed by atoms with Gasteiger partial charge in [-0.15, -0.1) is 0 Å². The van der Waals surface area contributed by atoms with Crippen LogP contribution in [0.2, 0.25) is 0 Å². The molecule has 0 amide bonds. The van der Waals surface area contributed by atoms with E-state index in [1.54, 1.807) is 19.1 Å². The summed E-state index contributed by atoms with van der Waals surface area (Å²) in [7, 11) is -3.73. The molecule has 0 N–H and O–H groups in total. The second-order valence-corrected chi connectivity index (χ2v) is 8.88. The molecule has 27 heavy (non-hydrogen) atoms. The Bertz CT molecular complexity index is 911. The van der Waals surface area contributed by atoms with Crippen LogP contribution >= 0.6 is 15.9 Å². The molecule has 0 saturated carbocycles. The van der Waals surface area contributed by atoms with Crippen LogP contribution in [0.15, 0.2) is 57.9 Å². The van der Waals surface area contributed by atoms with Crippen LogP contribution in [0.3, 0.4) is 0 Å². The summed E-state index contributed by atoms with van der Waals surface area (Å²) in [6, 6.07) is 13.8. The molecule has 1 saturated heterocycles. The van der Waals surface area contributed by atoms with Gasteiger partial charge in [0.25, 0.3) is 0 Å². The van der Waals surface area contributed by atoms with Gasteiger partial charge in [0.15, 0.2) is 0 Å². The summed E-state index contributed by atoms with van der Waals surface area (Å²) in [6.45, 7) is 3.06. The van der Waals surface area contributed by atoms with Crippen LogP contribution in [0.1, 0.15) is 28.9 Å². The van der Waals surface area contributed by atoms with E-state index in [0.29, 0.717) is 17.7 Å². The zero-order valence-electron chi connectivity index (χ0n) is 14.8. The summed E-state index contributed by atoms with van der Waals surface area (Å²) in [5.41, 5.74) is 1.05. The average Bonchev–Trinajstić information content (AvgIpc) is 2.69. The molecule has 8 heteroatoms. The number of morpholine rings is 1. The smallest absolute Gasteiger partial charge is 0.338 e. The number of esters is 1. The quantitative estimate of drug-likeness (QED) is 0.648. The molecule has 0 radical (unpaired) electrons. The molecular formula is C19H20BrNO5S. The Morgan fingerprint density at radius 2 is 1.81 bits per heavy atom. The summed E-state index contributed by atoms with van der Waals surface area (Å²) >= 11 is 3.28. The van der Waals surface area contributed by atoms with Gasteiger partial charge in [0.2, 0.25) is 10.0 Å². The summed E-state index contributed by atoms with van der Waals surface area (Å²) < 4.78 is 38.3. The second kappa shape index (κ2) is 8.52. The molecule has 1 unspecified atom stereocenters. The van der Waals surface area contributed by atoms with Gasteiger partial charge < -0.3 is 9.47 Å². The van der Waals surface area contributed by atoms with Crippen LogP contribution in [0.4, 0.5) is 0 Å². The highest BCUT2D eigenvalue weighted by atomic mass is 79.9. The number of nitrogens with zero attached hydrogens (tertiary/aromatic N) is 1. The zero-order chi connectivity index (χ0) is 19.4. The number of carbonyl (C=O) groups is 1. The molecule has 144 valence electrons. The zero-order valence-corrected chi connectivity index (χ0v) is 17.2. The van der Waals surface area contributed by atoms with Crippen LogP contribution in [-0.4, -0.2) is 45.0 Å². The Morgan fingerprint density at radius 1 is 1.15 bits per heavy atom. The van der Waals surface area contributed by atoms with E-state index in [0.717, 1.165) is 5.56 Å². The van der Waals surface area contributed by atoms with E-state index in [1.165, 1.54) is 10.4 Å². The number of hydrogen-bond donors (Lipinski definition) is 0. The first-order chi connectivity index (χ1) is 12.9. The normalized spacial score (nSPS) is 16.7. The lowest BCUT2D eigenvalue weighted by molar-refractivity contribution is 0.0337. The summed E-state index contributed by atoms with van der Waals surface area (Å²) in [6.07, 6.45) is -0.443. The van der Waals surface area contributed by atoms with Gasteiger partial charge in [-0.3, -0.25) is 0 Å². The van der Waals surface area contributed by atoms with Gasteiger partial charge in [0.05, 0.1) is 23.7 Å². The van der Waals surface area contributed by atoms with E-state index >= 15 is 0 Å². The number of hydrogen-bond acceptors (Lipinski definition) is 5. The van der Waals surface area contributed by atoms with Gasteiger partial charge in [-0.05, 0) is 46.6 Å². The van der Waals surface area contributed by atoms with Crippen molar-refractivity contribution in [2.24, 2.45) is 0 Å². The minimum absolute atomic E-state index is 0.0474. The molecule has 1 fully saturated rings. The third-order valence-electron chi connectivity index (χ3n) is 4.31. The largest absolute Gasteiger partial charge is 0.454 e. The molecule has 2 aromatic carbocycles. The first-order valence-electron chi connectivity index (χ1n) is 8.53. The van der Waals surface area contributed by atoms with Crippen molar-refractivity contribution in [3.63, 3.8) is 0 Å². The Kier molecular flexibility index (Phi) is 6.31. The monoisotopic (exact) mass is 453 g/mol. The highest BCUT2D eigenvalue weighted by Gasteiger charge is 2.29. The number of carbonyl (C=O) groups excluding carboxylic acids is 1. The Balaban J connectivity index is 1.83. The van der Waals surface area contributed by atoms with E-state index in [4.69, 9.17) is 9.47 Å². The van der Waals surface area contributed by atoms with Crippen LogP contribution in [0, 0.1) is 0 Å². The molecule has 0 aromatic heterocycles. The van der Waals surface area contributed by atoms with Crippen molar-refractivity contribution in [1.82, 2.24) is 4.31 Å². The lowest BCUT2D eigenvalue weighted by Gasteiger charge is -2.26. The van der Waals surface area contributed by atoms with Crippen molar-refractivity contribution in [3.8, 4) is 0 Å². The first-order valence-corrected chi connectivity index (χ1v) is 10.8. The van der Waals surface area contributed by atoms with E-state index < -0.39 is 22.1 Å². The molecule has 1 heterocycles. The predicted octanol–water partition coefficient (Wildman–Crippen LogP) is 3.39. The first kappa shape index (κ1) is 20.0. The van der Waals surface area contributed by atoms with Gasteiger partial charge in [-0.1, -0.05) is 30.3 Å². The SMILES string of the molecule is CC(OC(=O)c1ccc(Br)c(S(=O)(=O)N2CCOCC2)c1)c1ccccc1. The van der Waals surface area contributed by atoms with Crippen LogP contribution in [-0.2, 0) is 19.5 Å². The fourth-order valence-electron chi connectivity index (χ4n) is 2.77. The van der Waals surface area contributed by atoms with Gasteiger partial charge >= 0.3 is 5.97 Å². The van der Waals surface area contributed by atoms with E-state index in [2.05, 4.69) is 15.9 Å². The van der Waals surface area contributed by atoms with Gasteiger partial charge in [-0.2, -0.15) is 4.31 Å². The van der Waals surface area contributed by atoms with Crippen molar-refractivity contribution in [2.75, 3.05) is 26.3 Å². The predicted molar refractivity (Wildman–Crippen MR) is 104 cm³/mol. The molecule has 0 bridgehead atoms. The Labute approximate surface area is 167 Å². The van der Waals surface area contributed by atoms with Gasteiger partial charge in [-0.25, -0.2) is 13.2 Å². The number of rotatable bonds is 5. The van der Waals surface area contributed by atoms with Gasteiger partial charge in [0, 0.05) is 17.6 Å². The van der Waals surface area contributed by atoms with Gasteiger partial charge in [0.1, 0.15) is 6.10 Å². The third-order valence-corrected chi connectivity index (χ3v) is 7.20. The maximum Gasteiger partial charge on any atom is 0.338 e. The van der Waals surface area contributed by atoms with E-state index in [9.17, 15) is 13.2 Å². The number of sulfonamides is 1. The number of halogens is 1. The molecule has 0 spiro atoms. The molecule has 6 nitrogen and oxygen atoms in total. The van der Waals surface area contributed by atoms with Crippen molar-refractivity contribution in [3.05, 3.63) is 64.1 Å². The second-order valence-electron chi connectivity index (χ2n) is 6.12. The van der Waals surface area contributed by atoms with Crippen molar-refractivity contribution >= 4 is 31.9 Å². The Hall–Kier alpha value is -1.74. The highest BCUT2D eigenvalue weighted by Crippen LogP contribution is 2.28. The van der Waals surface area contributed by atoms with E-state index in [1.807, 2.05) is 30.3 Å². The molecule has 1 aliphatic heterocycles. The fraction of sp³-hybridized carbons (Fsp3) is 0.316. The molecule has 3 rings (SSSR count). The van der Waals surface area contributed by atoms with Crippen molar-refractivity contribution in [2.45, 2.75) is 17.9 Å². The van der Waals surface area contributed by atoms with E-state index in [-0.39, 0.29) is 23.5 Å². The Morgan fingerprint density at radius 3 is 2.48 bits per heavy atom. The minimum Gasteiger partial charge on any atom is -0.454 e. The summed E-state index contributed by atoms with van der Waals surface area (Å²) in [5.74, 6) is -0.572. The van der Waals surface area contributed by atoms with Crippen LogP contribution < -0.4 is 0 Å². The number of ether oxygens (including phenoxy) is 2. The standard InChI is InChI=1S/C19H20BrNO5S/c1-14(15-5-3-2-4-6-15)26-19(22)16-7-8-17(20)18(13-16)27(23,24)21-9-11-25-12-10-21/h2-8,13-14H,9-12H2,1H3. The van der Waals surface area contributed by atoms with Crippen LogP contribution in [0.5, 0.6) is 0 Å². The molecule has 2 aromatic rings. The van der Waals surface area contributed by atoms with Crippen molar-refractivity contribution in [1.29, 1.82) is 0 Å².